The van der Waals surface area contributed by atoms with Gasteiger partial charge in [0, 0.05) is 37.6 Å². The first-order chi connectivity index (χ1) is 16.1. The average Bonchev–Trinajstić information content (AvgIpc) is 3.26. The molecule has 1 amide bonds. The standard InChI is InChI=1S/C24H21F2N5O2/c25-19-7-2-5-17(22(19)26)20-15-31-9-3-6-18(23(31)28-20)24(32)29-21-8-1-4-16(27-21)14-30-10-12-33-13-11-30/h1-9,15H,10-14H2,(H,27,29,32). The maximum Gasteiger partial charge on any atom is 0.260 e. The zero-order valence-electron chi connectivity index (χ0n) is 17.7. The van der Waals surface area contributed by atoms with Crippen LogP contribution in [0.4, 0.5) is 14.6 Å². The molecule has 3 aromatic heterocycles. The smallest absolute Gasteiger partial charge is 0.260 e. The Balaban J connectivity index is 1.39. The van der Waals surface area contributed by atoms with Crippen LogP contribution in [-0.4, -0.2) is 51.5 Å². The third-order valence-electron chi connectivity index (χ3n) is 5.49. The van der Waals surface area contributed by atoms with Crippen molar-refractivity contribution in [3.63, 3.8) is 0 Å². The highest BCUT2D eigenvalue weighted by Crippen LogP contribution is 2.25. The molecule has 0 aliphatic carbocycles. The first-order valence-electron chi connectivity index (χ1n) is 10.6. The minimum absolute atomic E-state index is 0.0301. The summed E-state index contributed by atoms with van der Waals surface area (Å²) in [6.07, 6.45) is 3.26. The quantitative estimate of drug-likeness (QED) is 0.502. The van der Waals surface area contributed by atoms with Gasteiger partial charge in [-0.3, -0.25) is 9.69 Å². The number of fused-ring (bicyclic) bond motifs is 1. The van der Waals surface area contributed by atoms with E-state index < -0.39 is 17.5 Å². The number of halogens is 2. The summed E-state index contributed by atoms with van der Waals surface area (Å²) in [5.41, 5.74) is 1.73. The number of carbonyl (C=O) groups excluding carboxylic acids is 1. The lowest BCUT2D eigenvalue weighted by atomic mass is 10.1. The molecule has 33 heavy (non-hydrogen) atoms. The highest BCUT2D eigenvalue weighted by Gasteiger charge is 2.18. The number of benzene rings is 1. The number of ether oxygens (including phenoxy) is 1. The highest BCUT2D eigenvalue weighted by atomic mass is 19.2. The monoisotopic (exact) mass is 449 g/mol. The van der Waals surface area contributed by atoms with Gasteiger partial charge in [-0.15, -0.1) is 0 Å². The van der Waals surface area contributed by atoms with E-state index in [1.54, 1.807) is 35.0 Å². The van der Waals surface area contributed by atoms with Crippen molar-refractivity contribution in [2.24, 2.45) is 0 Å². The van der Waals surface area contributed by atoms with Gasteiger partial charge in [0.05, 0.1) is 30.2 Å². The molecule has 5 rings (SSSR count). The number of anilines is 1. The van der Waals surface area contributed by atoms with Gasteiger partial charge in [0.25, 0.3) is 5.91 Å². The fourth-order valence-corrected chi connectivity index (χ4v) is 3.83. The Morgan fingerprint density at radius 1 is 1.03 bits per heavy atom. The fourth-order valence-electron chi connectivity index (χ4n) is 3.83. The molecular weight excluding hydrogens is 428 g/mol. The lowest BCUT2D eigenvalue weighted by molar-refractivity contribution is 0.0337. The average molecular weight is 449 g/mol. The van der Waals surface area contributed by atoms with Crippen molar-refractivity contribution in [2.75, 3.05) is 31.6 Å². The number of hydrogen-bond acceptors (Lipinski definition) is 5. The molecule has 1 aromatic carbocycles. The van der Waals surface area contributed by atoms with Crippen molar-refractivity contribution in [2.45, 2.75) is 6.54 Å². The number of morpholine rings is 1. The second kappa shape index (κ2) is 9.05. The molecule has 1 saturated heterocycles. The number of hydrogen-bond donors (Lipinski definition) is 1. The van der Waals surface area contributed by atoms with Crippen LogP contribution in [0.1, 0.15) is 16.1 Å². The summed E-state index contributed by atoms with van der Waals surface area (Å²) in [7, 11) is 0. The van der Waals surface area contributed by atoms with E-state index in [1.807, 2.05) is 12.1 Å². The number of imidazole rings is 1. The normalized spacial score (nSPS) is 14.5. The molecule has 4 aromatic rings. The summed E-state index contributed by atoms with van der Waals surface area (Å²) in [5.74, 6) is -1.90. The predicted molar refractivity (Wildman–Crippen MR) is 119 cm³/mol. The second-order valence-corrected chi connectivity index (χ2v) is 7.74. The molecule has 7 nitrogen and oxygen atoms in total. The summed E-state index contributed by atoms with van der Waals surface area (Å²) in [6, 6.07) is 12.7. The van der Waals surface area contributed by atoms with Crippen LogP contribution in [0.5, 0.6) is 0 Å². The minimum Gasteiger partial charge on any atom is -0.379 e. The lowest BCUT2D eigenvalue weighted by Gasteiger charge is -2.26. The zero-order valence-corrected chi connectivity index (χ0v) is 17.7. The molecule has 0 atom stereocenters. The summed E-state index contributed by atoms with van der Waals surface area (Å²) >= 11 is 0. The molecule has 4 heterocycles. The van der Waals surface area contributed by atoms with E-state index in [9.17, 15) is 13.6 Å². The summed E-state index contributed by atoms with van der Waals surface area (Å²) in [6.45, 7) is 3.76. The third kappa shape index (κ3) is 4.46. The molecule has 1 fully saturated rings. The first kappa shape index (κ1) is 21.2. The molecule has 1 aliphatic heterocycles. The maximum atomic E-state index is 14.2. The Labute approximate surface area is 188 Å². The predicted octanol–water partition coefficient (Wildman–Crippen LogP) is 3.76. The highest BCUT2D eigenvalue weighted by molar-refractivity contribution is 6.08. The van der Waals surface area contributed by atoms with Crippen molar-refractivity contribution >= 4 is 17.4 Å². The van der Waals surface area contributed by atoms with Crippen LogP contribution in [0.15, 0.2) is 60.9 Å². The van der Waals surface area contributed by atoms with Gasteiger partial charge in [0.1, 0.15) is 11.5 Å². The van der Waals surface area contributed by atoms with Crippen LogP contribution in [-0.2, 0) is 11.3 Å². The zero-order chi connectivity index (χ0) is 22.8. The van der Waals surface area contributed by atoms with Crippen LogP contribution in [0.2, 0.25) is 0 Å². The fraction of sp³-hybridized carbons (Fsp3) is 0.208. The van der Waals surface area contributed by atoms with Crippen LogP contribution >= 0.6 is 0 Å². The van der Waals surface area contributed by atoms with Crippen LogP contribution in [0, 0.1) is 11.6 Å². The first-order valence-corrected chi connectivity index (χ1v) is 10.6. The largest absolute Gasteiger partial charge is 0.379 e. The molecule has 0 spiro atoms. The molecule has 9 heteroatoms. The number of nitrogens with one attached hydrogen (secondary N) is 1. The summed E-state index contributed by atoms with van der Waals surface area (Å²) in [5, 5.41) is 2.82. The minimum atomic E-state index is -0.979. The van der Waals surface area contributed by atoms with Gasteiger partial charge < -0.3 is 14.5 Å². The topological polar surface area (TPSA) is 71.8 Å². The molecule has 0 saturated carbocycles. The molecular formula is C24H21F2N5O2. The van der Waals surface area contributed by atoms with E-state index in [1.165, 1.54) is 12.1 Å². The Morgan fingerprint density at radius 3 is 2.70 bits per heavy atom. The van der Waals surface area contributed by atoms with E-state index in [0.29, 0.717) is 36.8 Å². The maximum absolute atomic E-state index is 14.2. The number of pyridine rings is 2. The Morgan fingerprint density at radius 2 is 1.85 bits per heavy atom. The van der Waals surface area contributed by atoms with Crippen molar-refractivity contribution in [1.82, 2.24) is 19.3 Å². The van der Waals surface area contributed by atoms with E-state index in [-0.39, 0.29) is 11.3 Å². The molecule has 0 unspecified atom stereocenters. The van der Waals surface area contributed by atoms with Crippen molar-refractivity contribution in [1.29, 1.82) is 0 Å². The van der Waals surface area contributed by atoms with E-state index in [0.717, 1.165) is 24.8 Å². The molecule has 0 radical (unpaired) electrons. The van der Waals surface area contributed by atoms with Gasteiger partial charge in [0.15, 0.2) is 11.6 Å². The Bertz CT molecular complexity index is 1320. The van der Waals surface area contributed by atoms with Crippen molar-refractivity contribution in [3.8, 4) is 11.3 Å². The number of rotatable bonds is 5. The summed E-state index contributed by atoms with van der Waals surface area (Å²) in [4.78, 5) is 24.2. The van der Waals surface area contributed by atoms with E-state index in [4.69, 9.17) is 4.74 Å². The van der Waals surface area contributed by atoms with E-state index >= 15 is 0 Å². The SMILES string of the molecule is O=C(Nc1cccc(CN2CCOCC2)n1)c1cccn2cc(-c3cccc(F)c3F)nc12. The number of aromatic nitrogens is 3. The van der Waals surface area contributed by atoms with Gasteiger partial charge in [-0.2, -0.15) is 0 Å². The van der Waals surface area contributed by atoms with E-state index in [2.05, 4.69) is 20.2 Å². The van der Waals surface area contributed by atoms with Gasteiger partial charge in [-0.05, 0) is 36.4 Å². The Hall–Kier alpha value is -3.69. The van der Waals surface area contributed by atoms with Gasteiger partial charge in [0.2, 0.25) is 0 Å². The van der Waals surface area contributed by atoms with Gasteiger partial charge in [-0.1, -0.05) is 12.1 Å². The number of carbonyl (C=O) groups is 1. The third-order valence-corrected chi connectivity index (χ3v) is 5.49. The van der Waals surface area contributed by atoms with Crippen molar-refractivity contribution in [3.05, 3.63) is 83.8 Å². The second-order valence-electron chi connectivity index (χ2n) is 7.74. The molecule has 1 N–H and O–H groups in total. The molecule has 168 valence electrons. The van der Waals surface area contributed by atoms with Gasteiger partial charge in [-0.25, -0.2) is 18.7 Å². The van der Waals surface area contributed by atoms with Gasteiger partial charge >= 0.3 is 0 Å². The van der Waals surface area contributed by atoms with Crippen LogP contribution in [0.3, 0.4) is 0 Å². The lowest BCUT2D eigenvalue weighted by Crippen LogP contribution is -2.35. The van der Waals surface area contributed by atoms with Crippen molar-refractivity contribution < 1.29 is 18.3 Å². The number of amides is 1. The van der Waals surface area contributed by atoms with Crippen LogP contribution in [0.25, 0.3) is 16.9 Å². The number of nitrogens with zero attached hydrogens (tertiary/aromatic N) is 4. The Kier molecular flexibility index (Phi) is 5.80. The van der Waals surface area contributed by atoms with Crippen LogP contribution < -0.4 is 5.32 Å². The summed E-state index contributed by atoms with van der Waals surface area (Å²) < 4.78 is 34.9. The molecule has 1 aliphatic rings. The molecule has 0 bridgehead atoms.